The van der Waals surface area contributed by atoms with E-state index in [2.05, 4.69) is 15.6 Å². The van der Waals surface area contributed by atoms with Gasteiger partial charge < -0.3 is 9.73 Å². The van der Waals surface area contributed by atoms with Crippen LogP contribution in [-0.2, 0) is 17.8 Å². The third kappa shape index (κ3) is 4.04. The lowest BCUT2D eigenvalue weighted by atomic mass is 9.94. The van der Waals surface area contributed by atoms with Gasteiger partial charge in [0.25, 0.3) is 5.91 Å². The Hall–Kier alpha value is -3.26. The summed E-state index contributed by atoms with van der Waals surface area (Å²) in [6.45, 7) is 3.70. The maximum absolute atomic E-state index is 12.7. The van der Waals surface area contributed by atoms with Crippen molar-refractivity contribution in [1.82, 2.24) is 10.3 Å². The van der Waals surface area contributed by atoms with Crippen LogP contribution in [-0.4, -0.2) is 22.6 Å². The highest BCUT2D eigenvalue weighted by atomic mass is 32.1. The number of thiazole rings is 1. The number of hydrogen-bond donors (Lipinski definition) is 2. The summed E-state index contributed by atoms with van der Waals surface area (Å²) >= 11 is 1.32. The molecule has 4 rings (SSSR count). The van der Waals surface area contributed by atoms with Crippen LogP contribution in [0.25, 0.3) is 11.3 Å². The van der Waals surface area contributed by atoms with E-state index in [-0.39, 0.29) is 17.5 Å². The number of carbonyl (C=O) groups excluding carboxylic acids is 3. The zero-order chi connectivity index (χ0) is 21.3. The van der Waals surface area contributed by atoms with Crippen LogP contribution in [0.4, 0.5) is 5.13 Å². The number of Topliss-reactive ketones (excluding diaryl/α,β-unsaturated/α-hetero) is 1. The van der Waals surface area contributed by atoms with Gasteiger partial charge in [0.15, 0.2) is 16.7 Å². The second-order valence-corrected chi connectivity index (χ2v) is 8.09. The van der Waals surface area contributed by atoms with Crippen molar-refractivity contribution in [2.75, 3.05) is 5.32 Å². The van der Waals surface area contributed by atoms with E-state index >= 15 is 0 Å². The average molecular weight is 423 g/mol. The minimum Gasteiger partial charge on any atom is -0.455 e. The summed E-state index contributed by atoms with van der Waals surface area (Å²) in [5.41, 5.74) is 3.80. The van der Waals surface area contributed by atoms with Crippen LogP contribution in [0.15, 0.2) is 34.1 Å². The van der Waals surface area contributed by atoms with Crippen molar-refractivity contribution in [2.45, 2.75) is 39.7 Å². The van der Waals surface area contributed by atoms with Gasteiger partial charge in [-0.15, -0.1) is 11.3 Å². The smallest absolute Gasteiger partial charge is 0.293 e. The number of aryl methyl sites for hydroxylation is 1. The number of hydrogen-bond acceptors (Lipinski definition) is 6. The number of fused-ring (bicyclic) bond motifs is 1. The summed E-state index contributed by atoms with van der Waals surface area (Å²) in [5, 5.41) is 7.85. The largest absolute Gasteiger partial charge is 0.455 e. The predicted molar refractivity (Wildman–Crippen MR) is 114 cm³/mol. The summed E-state index contributed by atoms with van der Waals surface area (Å²) in [4.78, 5) is 40.3. The lowest BCUT2D eigenvalue weighted by Gasteiger charge is -2.07. The fraction of sp³-hybridized carbons (Fsp3) is 0.273. The summed E-state index contributed by atoms with van der Waals surface area (Å²) in [6.07, 6.45) is 1.92. The highest BCUT2D eigenvalue weighted by Crippen LogP contribution is 2.31. The number of nitrogens with zero attached hydrogens (tertiary/aromatic N) is 1. The monoisotopic (exact) mass is 423 g/mol. The first kappa shape index (κ1) is 20.0. The molecular weight excluding hydrogens is 402 g/mol. The van der Waals surface area contributed by atoms with Crippen molar-refractivity contribution >= 4 is 34.1 Å². The van der Waals surface area contributed by atoms with Gasteiger partial charge >= 0.3 is 0 Å². The number of carbonyl (C=O) groups is 3. The van der Waals surface area contributed by atoms with Crippen LogP contribution in [0.5, 0.6) is 0 Å². The first-order chi connectivity index (χ1) is 14.4. The molecule has 2 N–H and O–H groups in total. The maximum Gasteiger partial charge on any atom is 0.293 e. The van der Waals surface area contributed by atoms with Crippen LogP contribution in [0.2, 0.25) is 0 Å². The molecule has 0 bridgehead atoms. The molecule has 0 atom stereocenters. The van der Waals surface area contributed by atoms with Crippen molar-refractivity contribution < 1.29 is 18.8 Å². The molecule has 2 aromatic heterocycles. The Bertz CT molecular complexity index is 1130. The lowest BCUT2D eigenvalue weighted by molar-refractivity contribution is -0.119. The Kier molecular flexibility index (Phi) is 5.50. The Morgan fingerprint density at radius 3 is 2.67 bits per heavy atom. The highest BCUT2D eigenvalue weighted by molar-refractivity contribution is 7.14. The lowest BCUT2D eigenvalue weighted by Crippen LogP contribution is -2.18. The molecule has 8 heteroatoms. The van der Waals surface area contributed by atoms with Gasteiger partial charge in [0.1, 0.15) is 5.76 Å². The average Bonchev–Trinajstić information content (AvgIpc) is 3.32. The van der Waals surface area contributed by atoms with E-state index < -0.39 is 5.91 Å². The van der Waals surface area contributed by atoms with Gasteiger partial charge in [-0.3, -0.25) is 19.7 Å². The molecule has 0 radical (unpaired) electrons. The normalized spacial score (nSPS) is 13.1. The van der Waals surface area contributed by atoms with Crippen LogP contribution < -0.4 is 10.6 Å². The first-order valence-electron chi connectivity index (χ1n) is 9.68. The third-order valence-corrected chi connectivity index (χ3v) is 5.79. The zero-order valence-corrected chi connectivity index (χ0v) is 17.5. The van der Waals surface area contributed by atoms with Crippen LogP contribution >= 0.6 is 11.3 Å². The molecule has 0 aliphatic heterocycles. The van der Waals surface area contributed by atoms with E-state index in [1.807, 2.05) is 29.6 Å². The summed E-state index contributed by atoms with van der Waals surface area (Å²) in [5.74, 6) is 0.342. The Morgan fingerprint density at radius 2 is 1.97 bits per heavy atom. The molecule has 3 aromatic rings. The Labute approximate surface area is 177 Å². The molecule has 7 nitrogen and oxygen atoms in total. The van der Waals surface area contributed by atoms with Gasteiger partial charge in [0, 0.05) is 42.8 Å². The number of amides is 2. The molecule has 1 aliphatic carbocycles. The van der Waals surface area contributed by atoms with Gasteiger partial charge in [-0.1, -0.05) is 24.3 Å². The first-order valence-corrected chi connectivity index (χ1v) is 10.6. The predicted octanol–water partition coefficient (Wildman–Crippen LogP) is 4.12. The van der Waals surface area contributed by atoms with Gasteiger partial charge in [-0.2, -0.15) is 0 Å². The summed E-state index contributed by atoms with van der Waals surface area (Å²) in [7, 11) is 0. The van der Waals surface area contributed by atoms with E-state index in [0.29, 0.717) is 41.4 Å². The second kappa shape index (κ2) is 8.23. The topological polar surface area (TPSA) is 101 Å². The van der Waals surface area contributed by atoms with Gasteiger partial charge in [0.05, 0.1) is 11.3 Å². The Morgan fingerprint density at radius 1 is 1.20 bits per heavy atom. The molecule has 0 saturated carbocycles. The zero-order valence-electron chi connectivity index (χ0n) is 16.7. The quantitative estimate of drug-likeness (QED) is 0.643. The van der Waals surface area contributed by atoms with Crippen molar-refractivity contribution in [3.05, 3.63) is 57.9 Å². The third-order valence-electron chi connectivity index (χ3n) is 5.03. The van der Waals surface area contributed by atoms with E-state index in [1.165, 1.54) is 18.3 Å². The molecule has 0 unspecified atom stereocenters. The fourth-order valence-electron chi connectivity index (χ4n) is 3.50. The van der Waals surface area contributed by atoms with Crippen LogP contribution in [0.3, 0.4) is 0 Å². The van der Waals surface area contributed by atoms with Crippen molar-refractivity contribution in [3.8, 4) is 11.3 Å². The summed E-state index contributed by atoms with van der Waals surface area (Å²) in [6, 6.07) is 7.70. The van der Waals surface area contributed by atoms with Crippen molar-refractivity contribution in [2.24, 2.45) is 0 Å². The number of anilines is 1. The maximum atomic E-state index is 12.7. The summed E-state index contributed by atoms with van der Waals surface area (Å²) < 4.78 is 5.70. The number of ketones is 1. The molecule has 1 aromatic carbocycles. The van der Waals surface area contributed by atoms with Gasteiger partial charge in [-0.05, 0) is 18.9 Å². The molecule has 0 saturated heterocycles. The van der Waals surface area contributed by atoms with E-state index in [1.54, 1.807) is 6.92 Å². The molecule has 0 spiro atoms. The number of nitrogens with one attached hydrogen (secondary N) is 2. The van der Waals surface area contributed by atoms with E-state index in [0.717, 1.165) is 23.2 Å². The molecule has 2 amide bonds. The molecule has 1 aliphatic rings. The second-order valence-electron chi connectivity index (χ2n) is 7.23. The van der Waals surface area contributed by atoms with E-state index in [4.69, 9.17) is 4.42 Å². The standard InChI is InChI=1S/C22H21N3O4S/c1-12-19-17(27)4-3-5-18(19)29-20(12)21(28)25-22-24-16(11-30-22)15-8-6-14(7-9-15)10-23-13(2)26/h6-9,11H,3-5,10H2,1-2H3,(H,23,26)(H,24,25,28). The minimum absolute atomic E-state index is 0.0371. The molecular formula is C22H21N3O4S. The van der Waals surface area contributed by atoms with Crippen LogP contribution in [0, 0.1) is 6.92 Å². The number of aromatic nitrogens is 1. The SMILES string of the molecule is CC(=O)NCc1ccc(-c2csc(NC(=O)c3oc4c(c3C)C(=O)CCC4)n2)cc1. The molecule has 2 heterocycles. The number of benzene rings is 1. The van der Waals surface area contributed by atoms with Crippen LogP contribution in [0.1, 0.15) is 57.6 Å². The molecule has 154 valence electrons. The minimum atomic E-state index is -0.402. The van der Waals surface area contributed by atoms with Gasteiger partial charge in [-0.25, -0.2) is 4.98 Å². The van der Waals surface area contributed by atoms with Crippen molar-refractivity contribution in [3.63, 3.8) is 0 Å². The van der Waals surface area contributed by atoms with Gasteiger partial charge in [0.2, 0.25) is 5.91 Å². The fourth-order valence-corrected chi connectivity index (χ4v) is 4.22. The van der Waals surface area contributed by atoms with E-state index in [9.17, 15) is 14.4 Å². The Balaban J connectivity index is 1.47. The highest BCUT2D eigenvalue weighted by Gasteiger charge is 2.29. The molecule has 0 fully saturated rings. The number of furan rings is 1. The molecule has 30 heavy (non-hydrogen) atoms. The number of rotatable bonds is 5. The van der Waals surface area contributed by atoms with Crippen molar-refractivity contribution in [1.29, 1.82) is 0 Å².